The molecule has 1 unspecified atom stereocenters. The van der Waals surface area contributed by atoms with Gasteiger partial charge < -0.3 is 10.2 Å². The Bertz CT molecular complexity index is 832. The van der Waals surface area contributed by atoms with Gasteiger partial charge in [-0.2, -0.15) is 0 Å². The first-order valence-corrected chi connectivity index (χ1v) is 11.4. The lowest BCUT2D eigenvalue weighted by Crippen LogP contribution is -2.32. The predicted octanol–water partition coefficient (Wildman–Crippen LogP) is 4.23. The Hall–Kier alpha value is -1.73. The van der Waals surface area contributed by atoms with Crippen molar-refractivity contribution in [3.63, 3.8) is 0 Å². The lowest BCUT2D eigenvalue weighted by Gasteiger charge is -2.27. The molecular formula is C20H26ClN5OS. The summed E-state index contributed by atoms with van der Waals surface area (Å²) in [5.41, 5.74) is 0.927. The van der Waals surface area contributed by atoms with E-state index in [1.807, 2.05) is 31.2 Å². The number of rotatable bonds is 7. The number of nitrogens with zero attached hydrogens (tertiary/aromatic N) is 4. The van der Waals surface area contributed by atoms with Gasteiger partial charge >= 0.3 is 0 Å². The number of hydrogen-bond acceptors (Lipinski definition) is 5. The van der Waals surface area contributed by atoms with Crippen LogP contribution in [-0.2, 0) is 4.79 Å². The average molecular weight is 420 g/mol. The molecule has 1 saturated carbocycles. The second-order valence-corrected chi connectivity index (χ2v) is 8.88. The number of benzene rings is 1. The third-order valence-corrected chi connectivity index (χ3v) is 6.57. The molecule has 1 N–H and O–H groups in total. The van der Waals surface area contributed by atoms with E-state index in [0.717, 1.165) is 29.8 Å². The van der Waals surface area contributed by atoms with Crippen LogP contribution in [0.2, 0.25) is 5.02 Å². The fourth-order valence-corrected chi connectivity index (χ4v) is 4.76. The van der Waals surface area contributed by atoms with Crippen molar-refractivity contribution in [3.05, 3.63) is 34.9 Å². The van der Waals surface area contributed by atoms with Crippen molar-refractivity contribution in [2.75, 3.05) is 23.7 Å². The molecule has 1 aromatic carbocycles. The van der Waals surface area contributed by atoms with Crippen LogP contribution < -0.4 is 10.2 Å². The zero-order valence-electron chi connectivity index (χ0n) is 16.1. The second-order valence-electron chi connectivity index (χ2n) is 7.53. The van der Waals surface area contributed by atoms with Crippen LogP contribution in [0.5, 0.6) is 0 Å². The van der Waals surface area contributed by atoms with E-state index >= 15 is 0 Å². The van der Waals surface area contributed by atoms with Gasteiger partial charge in [0.2, 0.25) is 11.9 Å². The number of amides is 1. The zero-order chi connectivity index (χ0) is 19.5. The molecule has 6 nitrogen and oxygen atoms in total. The van der Waals surface area contributed by atoms with Gasteiger partial charge in [0.15, 0.2) is 5.16 Å². The lowest BCUT2D eigenvalue weighted by atomic mass is 10.1. The van der Waals surface area contributed by atoms with Crippen molar-refractivity contribution < 1.29 is 4.79 Å². The van der Waals surface area contributed by atoms with E-state index in [4.69, 9.17) is 11.6 Å². The molecule has 2 fully saturated rings. The molecule has 2 aliphatic rings. The summed E-state index contributed by atoms with van der Waals surface area (Å²) in [6.45, 7) is 4.04. The van der Waals surface area contributed by atoms with Crippen molar-refractivity contribution in [1.82, 2.24) is 20.1 Å². The van der Waals surface area contributed by atoms with Crippen LogP contribution in [0, 0.1) is 0 Å². The van der Waals surface area contributed by atoms with Gasteiger partial charge in [-0.1, -0.05) is 41.6 Å². The van der Waals surface area contributed by atoms with Gasteiger partial charge in [-0.05, 0) is 50.7 Å². The molecule has 1 aromatic heterocycles. The maximum Gasteiger partial charge on any atom is 0.230 e. The molecule has 0 radical (unpaired) electrons. The molecular weight excluding hydrogens is 394 g/mol. The summed E-state index contributed by atoms with van der Waals surface area (Å²) >= 11 is 7.70. The number of nitrogens with one attached hydrogen (secondary N) is 1. The maximum absolute atomic E-state index is 12.5. The molecule has 28 heavy (non-hydrogen) atoms. The summed E-state index contributed by atoms with van der Waals surface area (Å²) in [4.78, 5) is 14.8. The Balaban J connectivity index is 1.38. The summed E-state index contributed by atoms with van der Waals surface area (Å²) in [6.07, 6.45) is 6.05. The number of carbonyl (C=O) groups excluding carboxylic acids is 1. The normalized spacial score (nSPS) is 18.1. The average Bonchev–Trinajstić information content (AvgIpc) is 3.46. The number of halogens is 1. The van der Waals surface area contributed by atoms with Gasteiger partial charge in [0, 0.05) is 24.2 Å². The first-order valence-electron chi connectivity index (χ1n) is 10.00. The molecule has 1 saturated heterocycles. The zero-order valence-corrected chi connectivity index (χ0v) is 17.7. The first kappa shape index (κ1) is 19.6. The standard InChI is InChI=1S/C20H26ClN5OS/c1-14(16-7-3-4-8-17(16)21)22-18(27)13-28-20-24-23-19(26(20)15-9-10-15)25-11-5-2-6-12-25/h3-4,7-8,14-15H,2,5-6,9-13H2,1H3,(H,22,27). The smallest absolute Gasteiger partial charge is 0.230 e. The van der Waals surface area contributed by atoms with Crippen molar-refractivity contribution in [3.8, 4) is 0 Å². The summed E-state index contributed by atoms with van der Waals surface area (Å²) in [5.74, 6) is 1.27. The van der Waals surface area contributed by atoms with Crippen LogP contribution in [0.3, 0.4) is 0 Å². The minimum Gasteiger partial charge on any atom is -0.349 e. The van der Waals surface area contributed by atoms with Crippen LogP contribution in [0.4, 0.5) is 5.95 Å². The highest BCUT2D eigenvalue weighted by atomic mass is 35.5. The highest BCUT2D eigenvalue weighted by Crippen LogP contribution is 2.41. The Morgan fingerprint density at radius 2 is 2.00 bits per heavy atom. The van der Waals surface area contributed by atoms with E-state index < -0.39 is 0 Å². The summed E-state index contributed by atoms with van der Waals surface area (Å²) in [5, 5.41) is 13.4. The van der Waals surface area contributed by atoms with E-state index in [2.05, 4.69) is 25.0 Å². The summed E-state index contributed by atoms with van der Waals surface area (Å²) < 4.78 is 2.25. The van der Waals surface area contributed by atoms with Crippen LogP contribution in [0.15, 0.2) is 29.4 Å². The van der Waals surface area contributed by atoms with Crippen molar-refractivity contribution in [2.45, 2.75) is 56.3 Å². The quantitative estimate of drug-likeness (QED) is 0.680. The monoisotopic (exact) mass is 419 g/mol. The SMILES string of the molecule is CC(NC(=O)CSc1nnc(N2CCCCC2)n1C1CC1)c1ccccc1Cl. The van der Waals surface area contributed by atoms with Crippen LogP contribution >= 0.6 is 23.4 Å². The van der Waals surface area contributed by atoms with Crippen LogP contribution in [0.25, 0.3) is 0 Å². The van der Waals surface area contributed by atoms with Gasteiger partial charge in [-0.15, -0.1) is 10.2 Å². The molecule has 2 aromatic rings. The van der Waals surface area contributed by atoms with Crippen LogP contribution in [-0.4, -0.2) is 39.5 Å². The minimum atomic E-state index is -0.132. The molecule has 2 heterocycles. The fraction of sp³-hybridized carbons (Fsp3) is 0.550. The minimum absolute atomic E-state index is 0.0257. The fourth-order valence-electron chi connectivity index (χ4n) is 3.65. The molecule has 1 amide bonds. The largest absolute Gasteiger partial charge is 0.349 e. The number of piperidine rings is 1. The molecule has 0 bridgehead atoms. The molecule has 1 atom stereocenters. The lowest BCUT2D eigenvalue weighted by molar-refractivity contribution is -0.119. The van der Waals surface area contributed by atoms with E-state index in [-0.39, 0.29) is 11.9 Å². The number of hydrogen-bond donors (Lipinski definition) is 1. The van der Waals surface area contributed by atoms with E-state index in [9.17, 15) is 4.79 Å². The highest BCUT2D eigenvalue weighted by Gasteiger charge is 2.32. The second kappa shape index (κ2) is 8.74. The van der Waals surface area contributed by atoms with Gasteiger partial charge in [0.05, 0.1) is 11.8 Å². The molecule has 8 heteroatoms. The van der Waals surface area contributed by atoms with Gasteiger partial charge in [0.25, 0.3) is 0 Å². The predicted molar refractivity (Wildman–Crippen MR) is 113 cm³/mol. The Morgan fingerprint density at radius 1 is 1.25 bits per heavy atom. The van der Waals surface area contributed by atoms with Gasteiger partial charge in [-0.25, -0.2) is 0 Å². The molecule has 150 valence electrons. The summed E-state index contributed by atoms with van der Waals surface area (Å²) in [7, 11) is 0. The maximum atomic E-state index is 12.5. The molecule has 1 aliphatic heterocycles. The summed E-state index contributed by atoms with van der Waals surface area (Å²) in [6, 6.07) is 7.95. The van der Waals surface area contributed by atoms with Crippen molar-refractivity contribution in [2.24, 2.45) is 0 Å². The van der Waals surface area contributed by atoms with E-state index in [1.54, 1.807) is 0 Å². The molecule has 4 rings (SSSR count). The number of carbonyl (C=O) groups is 1. The van der Waals surface area contributed by atoms with E-state index in [0.29, 0.717) is 16.8 Å². The number of thioether (sulfide) groups is 1. The highest BCUT2D eigenvalue weighted by molar-refractivity contribution is 7.99. The Kier molecular flexibility index (Phi) is 6.11. The van der Waals surface area contributed by atoms with E-state index in [1.165, 1.54) is 43.9 Å². The van der Waals surface area contributed by atoms with Gasteiger partial charge in [-0.3, -0.25) is 9.36 Å². The molecule has 0 spiro atoms. The Morgan fingerprint density at radius 3 is 2.71 bits per heavy atom. The van der Waals surface area contributed by atoms with Crippen LogP contribution in [0.1, 0.15) is 56.7 Å². The van der Waals surface area contributed by atoms with Crippen molar-refractivity contribution >= 4 is 35.2 Å². The third kappa shape index (κ3) is 4.46. The first-order chi connectivity index (χ1) is 13.6. The third-order valence-electron chi connectivity index (χ3n) is 5.28. The molecule has 1 aliphatic carbocycles. The Labute approximate surface area is 175 Å². The number of aromatic nitrogens is 3. The topological polar surface area (TPSA) is 63.1 Å². The van der Waals surface area contributed by atoms with Crippen molar-refractivity contribution in [1.29, 1.82) is 0 Å². The number of anilines is 1. The van der Waals surface area contributed by atoms with Gasteiger partial charge in [0.1, 0.15) is 0 Å².